The molecule has 0 fully saturated rings. The van der Waals surface area contributed by atoms with Crippen molar-refractivity contribution in [2.45, 2.75) is 0 Å². The van der Waals surface area contributed by atoms with Gasteiger partial charge in [-0.3, -0.25) is 0 Å². The van der Waals surface area contributed by atoms with Crippen molar-refractivity contribution in [2.24, 2.45) is 0 Å². The van der Waals surface area contributed by atoms with E-state index >= 15 is 0 Å². The van der Waals surface area contributed by atoms with Crippen molar-refractivity contribution in [3.8, 4) is 6.07 Å². The zero-order chi connectivity index (χ0) is 13.8. The van der Waals surface area contributed by atoms with E-state index in [-0.39, 0.29) is 5.56 Å². The van der Waals surface area contributed by atoms with Gasteiger partial charge in [0.25, 0.3) is 0 Å². The molecule has 0 saturated carbocycles. The Balaban J connectivity index is 2.29. The molecular formula is C14H9ClN2O2. The lowest BCUT2D eigenvalue weighted by molar-refractivity contribution is 0.0697. The minimum atomic E-state index is -0.991. The van der Waals surface area contributed by atoms with E-state index in [1.54, 1.807) is 30.3 Å². The highest BCUT2D eigenvalue weighted by atomic mass is 35.5. The van der Waals surface area contributed by atoms with Crippen LogP contribution in [0.3, 0.4) is 0 Å². The van der Waals surface area contributed by atoms with Gasteiger partial charge in [0, 0.05) is 5.69 Å². The lowest BCUT2D eigenvalue weighted by Crippen LogP contribution is -1.98. The van der Waals surface area contributed by atoms with E-state index in [4.69, 9.17) is 22.0 Å². The van der Waals surface area contributed by atoms with Crippen LogP contribution in [0.25, 0.3) is 0 Å². The summed E-state index contributed by atoms with van der Waals surface area (Å²) in [4.78, 5) is 10.9. The summed E-state index contributed by atoms with van der Waals surface area (Å²) >= 11 is 6.03. The van der Waals surface area contributed by atoms with Crippen LogP contribution in [0.15, 0.2) is 42.5 Å². The molecular weight excluding hydrogens is 264 g/mol. The third-order valence-electron chi connectivity index (χ3n) is 2.49. The molecule has 0 aliphatic rings. The molecule has 0 amide bonds. The molecule has 0 spiro atoms. The molecule has 0 bridgehead atoms. The van der Waals surface area contributed by atoms with Crippen LogP contribution in [0.4, 0.5) is 11.4 Å². The van der Waals surface area contributed by atoms with Crippen molar-refractivity contribution < 1.29 is 9.90 Å². The van der Waals surface area contributed by atoms with Gasteiger partial charge in [0.2, 0.25) is 0 Å². The number of nitrogens with one attached hydrogen (secondary N) is 1. The maximum atomic E-state index is 10.9. The number of nitriles is 1. The molecule has 0 atom stereocenters. The molecule has 2 rings (SSSR count). The van der Waals surface area contributed by atoms with Gasteiger partial charge in [-0.25, -0.2) is 4.79 Å². The summed E-state index contributed by atoms with van der Waals surface area (Å²) in [6.07, 6.45) is 0. The molecule has 0 heterocycles. The van der Waals surface area contributed by atoms with Crippen molar-refractivity contribution >= 4 is 28.9 Å². The number of halogens is 1. The summed E-state index contributed by atoms with van der Waals surface area (Å²) in [5, 5.41) is 21.1. The summed E-state index contributed by atoms with van der Waals surface area (Å²) in [7, 11) is 0. The van der Waals surface area contributed by atoms with E-state index in [2.05, 4.69) is 5.32 Å². The largest absolute Gasteiger partial charge is 0.478 e. The Labute approximate surface area is 114 Å². The molecule has 2 aromatic carbocycles. The Morgan fingerprint density at radius 2 is 2.05 bits per heavy atom. The molecule has 0 unspecified atom stereocenters. The topological polar surface area (TPSA) is 73.1 Å². The highest BCUT2D eigenvalue weighted by Gasteiger charge is 2.05. The van der Waals surface area contributed by atoms with Crippen molar-refractivity contribution in [1.82, 2.24) is 0 Å². The Hall–Kier alpha value is -2.51. The van der Waals surface area contributed by atoms with Crippen LogP contribution in [0, 0.1) is 11.3 Å². The number of anilines is 2. The quantitative estimate of drug-likeness (QED) is 0.894. The second-order valence-electron chi connectivity index (χ2n) is 3.82. The molecule has 0 aromatic heterocycles. The first kappa shape index (κ1) is 12.9. The van der Waals surface area contributed by atoms with Crippen LogP contribution in [0.5, 0.6) is 0 Å². The van der Waals surface area contributed by atoms with Gasteiger partial charge in [-0.2, -0.15) is 5.26 Å². The smallest absolute Gasteiger partial charge is 0.335 e. The normalized spacial score (nSPS) is 9.68. The van der Waals surface area contributed by atoms with Gasteiger partial charge in [-0.05, 0) is 36.4 Å². The first-order valence-electron chi connectivity index (χ1n) is 5.40. The third-order valence-corrected chi connectivity index (χ3v) is 2.80. The summed E-state index contributed by atoms with van der Waals surface area (Å²) < 4.78 is 0. The van der Waals surface area contributed by atoms with Crippen LogP contribution in [0.2, 0.25) is 5.02 Å². The molecule has 2 N–H and O–H groups in total. The van der Waals surface area contributed by atoms with Gasteiger partial charge >= 0.3 is 5.97 Å². The van der Waals surface area contributed by atoms with E-state index < -0.39 is 5.97 Å². The van der Waals surface area contributed by atoms with Crippen LogP contribution in [0.1, 0.15) is 15.9 Å². The zero-order valence-electron chi connectivity index (χ0n) is 9.72. The van der Waals surface area contributed by atoms with Crippen molar-refractivity contribution in [3.05, 3.63) is 58.6 Å². The Morgan fingerprint density at radius 3 is 2.68 bits per heavy atom. The van der Waals surface area contributed by atoms with E-state index in [9.17, 15) is 4.79 Å². The van der Waals surface area contributed by atoms with Crippen LogP contribution in [-0.4, -0.2) is 11.1 Å². The second kappa shape index (κ2) is 5.42. The van der Waals surface area contributed by atoms with Gasteiger partial charge in [0.05, 0.1) is 27.9 Å². The Kier molecular flexibility index (Phi) is 3.69. The molecule has 94 valence electrons. The molecule has 0 aliphatic carbocycles. The fourth-order valence-corrected chi connectivity index (χ4v) is 1.80. The fourth-order valence-electron chi connectivity index (χ4n) is 1.57. The minimum Gasteiger partial charge on any atom is -0.478 e. The van der Waals surface area contributed by atoms with Gasteiger partial charge in [0.1, 0.15) is 0 Å². The summed E-state index contributed by atoms with van der Waals surface area (Å²) in [5.74, 6) is -0.991. The number of nitrogens with zero attached hydrogens (tertiary/aromatic N) is 1. The van der Waals surface area contributed by atoms with Crippen molar-refractivity contribution in [2.75, 3.05) is 5.32 Å². The lowest BCUT2D eigenvalue weighted by Gasteiger charge is -2.09. The first-order valence-corrected chi connectivity index (χ1v) is 5.78. The second-order valence-corrected chi connectivity index (χ2v) is 4.22. The summed E-state index contributed by atoms with van der Waals surface area (Å²) in [6, 6.07) is 13.2. The average Bonchev–Trinajstić information content (AvgIpc) is 2.41. The number of benzene rings is 2. The maximum Gasteiger partial charge on any atom is 0.335 e. The maximum absolute atomic E-state index is 10.9. The van der Waals surface area contributed by atoms with Gasteiger partial charge < -0.3 is 10.4 Å². The predicted octanol–water partition coefficient (Wildman–Crippen LogP) is 3.65. The van der Waals surface area contributed by atoms with Crippen molar-refractivity contribution in [1.29, 1.82) is 5.26 Å². The molecule has 0 saturated heterocycles. The van der Waals surface area contributed by atoms with Crippen molar-refractivity contribution in [3.63, 3.8) is 0 Å². The predicted molar refractivity (Wildman–Crippen MR) is 72.9 cm³/mol. The van der Waals surface area contributed by atoms with E-state index in [0.717, 1.165) is 0 Å². The van der Waals surface area contributed by atoms with Gasteiger partial charge in [-0.15, -0.1) is 0 Å². The number of aromatic carboxylic acids is 1. The minimum absolute atomic E-state index is 0.190. The molecule has 2 aromatic rings. The highest BCUT2D eigenvalue weighted by Crippen LogP contribution is 2.26. The molecule has 0 aliphatic heterocycles. The van der Waals surface area contributed by atoms with E-state index in [0.29, 0.717) is 22.0 Å². The highest BCUT2D eigenvalue weighted by molar-refractivity contribution is 6.33. The number of carboxylic acid groups (broad SMARTS) is 1. The van der Waals surface area contributed by atoms with E-state index in [1.807, 2.05) is 6.07 Å². The zero-order valence-corrected chi connectivity index (χ0v) is 10.5. The average molecular weight is 273 g/mol. The Bertz CT molecular complexity index is 677. The van der Waals surface area contributed by atoms with Crippen LogP contribution in [-0.2, 0) is 0 Å². The number of rotatable bonds is 3. The van der Waals surface area contributed by atoms with Gasteiger partial charge in [-0.1, -0.05) is 17.7 Å². The first-order chi connectivity index (χ1) is 9.10. The number of carboxylic acids is 1. The SMILES string of the molecule is N#Cc1ccc(Nc2cccc(C(=O)O)c2)c(Cl)c1. The summed E-state index contributed by atoms with van der Waals surface area (Å²) in [6.45, 7) is 0. The molecule has 0 radical (unpaired) electrons. The molecule has 19 heavy (non-hydrogen) atoms. The third kappa shape index (κ3) is 3.03. The standard InChI is InChI=1S/C14H9ClN2O2/c15-12-6-9(8-16)4-5-13(12)17-11-3-1-2-10(7-11)14(18)19/h1-7,17H,(H,18,19). The monoisotopic (exact) mass is 272 g/mol. The van der Waals surface area contributed by atoms with Gasteiger partial charge in [0.15, 0.2) is 0 Å². The fraction of sp³-hybridized carbons (Fsp3) is 0. The number of hydrogen-bond donors (Lipinski definition) is 2. The number of hydrogen-bond acceptors (Lipinski definition) is 3. The molecule has 4 nitrogen and oxygen atoms in total. The van der Waals surface area contributed by atoms with E-state index in [1.165, 1.54) is 12.1 Å². The Morgan fingerprint density at radius 1 is 1.26 bits per heavy atom. The number of carbonyl (C=O) groups is 1. The summed E-state index contributed by atoms with van der Waals surface area (Å²) in [5.41, 5.74) is 1.89. The van der Waals surface area contributed by atoms with Crippen LogP contribution >= 0.6 is 11.6 Å². The molecule has 5 heteroatoms. The van der Waals surface area contributed by atoms with Crippen LogP contribution < -0.4 is 5.32 Å². The lowest BCUT2D eigenvalue weighted by atomic mass is 10.2.